The van der Waals surface area contributed by atoms with E-state index < -0.39 is 54.3 Å². The first-order chi connectivity index (χ1) is 10.3. The van der Waals surface area contributed by atoms with Crippen molar-refractivity contribution in [3.63, 3.8) is 0 Å². The molecule has 0 amide bonds. The van der Waals surface area contributed by atoms with Crippen LogP contribution >= 0.6 is 0 Å². The topological polar surface area (TPSA) is 12.5 Å². The summed E-state index contributed by atoms with van der Waals surface area (Å²) < 4.78 is 173. The number of ether oxygens (including phenoxy) is 1. The van der Waals surface area contributed by atoms with E-state index in [2.05, 4.69) is 4.74 Å². The van der Waals surface area contributed by atoms with Crippen LogP contribution in [0.1, 0.15) is 0 Å². The SMILES string of the molecule is F/C(=C(\OCC(F)(F)C(F)F)C(F)(F)F)N(C(F)(F)F)C(F)(F)F. The molecule has 0 saturated heterocycles. The predicted octanol–water partition coefficient (Wildman–Crippen LogP) is 4.95. The van der Waals surface area contributed by atoms with Gasteiger partial charge < -0.3 is 4.74 Å². The number of hydrogen-bond donors (Lipinski definition) is 0. The second-order valence-corrected chi connectivity index (χ2v) is 3.74. The van der Waals surface area contributed by atoms with Gasteiger partial charge in [0.2, 0.25) is 0 Å². The van der Waals surface area contributed by atoms with Crippen molar-refractivity contribution in [1.82, 2.24) is 4.90 Å². The molecule has 144 valence electrons. The molecule has 0 radical (unpaired) electrons. The molecule has 0 rings (SSSR count). The molecule has 0 aliphatic rings. The molecule has 0 bridgehead atoms. The van der Waals surface area contributed by atoms with Crippen LogP contribution in [0.5, 0.6) is 0 Å². The normalized spacial score (nSPS) is 15.5. The Morgan fingerprint density at radius 1 is 0.792 bits per heavy atom. The van der Waals surface area contributed by atoms with Crippen LogP contribution in [0.4, 0.5) is 61.5 Å². The van der Waals surface area contributed by atoms with E-state index in [0.717, 1.165) is 0 Å². The Morgan fingerprint density at radius 2 is 1.17 bits per heavy atom. The minimum Gasteiger partial charge on any atom is -0.479 e. The van der Waals surface area contributed by atoms with Gasteiger partial charge in [0.15, 0.2) is 6.61 Å². The highest BCUT2D eigenvalue weighted by molar-refractivity contribution is 5.08. The van der Waals surface area contributed by atoms with Crippen molar-refractivity contribution < 1.29 is 66.2 Å². The standard InChI is InChI=1S/C8H3F14NO/c9-3(23(7(17,18)19)8(20,21)22)2(6(14,15)16)24-1-5(12,13)4(10)11/h4H,1H2/b3-2+. The van der Waals surface area contributed by atoms with Gasteiger partial charge in [-0.2, -0.15) is 31.2 Å². The summed E-state index contributed by atoms with van der Waals surface area (Å²) in [6.07, 6.45) is -24.8. The highest BCUT2D eigenvalue weighted by atomic mass is 19.4. The van der Waals surface area contributed by atoms with Gasteiger partial charge in [-0.05, 0) is 0 Å². The lowest BCUT2D eigenvalue weighted by atomic mass is 10.3. The van der Waals surface area contributed by atoms with Gasteiger partial charge in [-0.1, -0.05) is 0 Å². The molecule has 16 heteroatoms. The minimum atomic E-state index is -6.80. The Balaban J connectivity index is 5.99. The lowest BCUT2D eigenvalue weighted by molar-refractivity contribution is -0.367. The average molecular weight is 395 g/mol. The zero-order valence-electron chi connectivity index (χ0n) is 10.4. The van der Waals surface area contributed by atoms with Gasteiger partial charge in [-0.3, -0.25) is 0 Å². The second-order valence-electron chi connectivity index (χ2n) is 3.74. The van der Waals surface area contributed by atoms with Crippen molar-refractivity contribution in [2.45, 2.75) is 31.1 Å². The molecule has 2 nitrogen and oxygen atoms in total. The molecule has 0 aromatic carbocycles. The van der Waals surface area contributed by atoms with Crippen LogP contribution in [0.25, 0.3) is 0 Å². The van der Waals surface area contributed by atoms with Crippen LogP contribution in [0.2, 0.25) is 0 Å². The molecule has 0 fully saturated rings. The van der Waals surface area contributed by atoms with Gasteiger partial charge in [0.05, 0.1) is 0 Å². The fraction of sp³-hybridized carbons (Fsp3) is 0.750. The molecular formula is C8H3F14NO. The van der Waals surface area contributed by atoms with Crippen molar-refractivity contribution >= 4 is 0 Å². The largest absolute Gasteiger partial charge is 0.493 e. The summed E-state index contributed by atoms with van der Waals surface area (Å²) in [4.78, 5) is -3.32. The van der Waals surface area contributed by atoms with Gasteiger partial charge in [0.25, 0.3) is 11.7 Å². The van der Waals surface area contributed by atoms with E-state index in [9.17, 15) is 61.5 Å². The maximum absolute atomic E-state index is 13.1. The number of allylic oxidation sites excluding steroid dienone is 1. The van der Waals surface area contributed by atoms with Gasteiger partial charge >= 0.3 is 31.1 Å². The summed E-state index contributed by atoms with van der Waals surface area (Å²) in [7, 11) is 0. The van der Waals surface area contributed by atoms with Crippen molar-refractivity contribution in [1.29, 1.82) is 0 Å². The first kappa shape index (κ1) is 22.4. The Kier molecular flexibility index (Phi) is 6.24. The highest BCUT2D eigenvalue weighted by Crippen LogP contribution is 2.42. The quantitative estimate of drug-likeness (QED) is 0.371. The maximum atomic E-state index is 13.1. The number of nitrogens with zero attached hydrogens (tertiary/aromatic N) is 1. The number of alkyl halides is 13. The molecule has 0 unspecified atom stereocenters. The third-order valence-corrected chi connectivity index (χ3v) is 1.88. The van der Waals surface area contributed by atoms with Gasteiger partial charge in [0.1, 0.15) is 0 Å². The Morgan fingerprint density at radius 3 is 1.42 bits per heavy atom. The monoisotopic (exact) mass is 395 g/mol. The highest BCUT2D eigenvalue weighted by Gasteiger charge is 2.59. The molecule has 0 aliphatic carbocycles. The van der Waals surface area contributed by atoms with Crippen molar-refractivity contribution in [2.75, 3.05) is 6.61 Å². The first-order valence-electron chi connectivity index (χ1n) is 5.01. The Labute approximate surface area is 122 Å². The zero-order chi connectivity index (χ0) is 19.7. The lowest BCUT2D eigenvalue weighted by Crippen LogP contribution is -2.47. The molecule has 0 aliphatic heterocycles. The molecule has 0 heterocycles. The molecule has 0 saturated carbocycles. The van der Waals surface area contributed by atoms with E-state index in [0.29, 0.717) is 0 Å². The number of halogens is 14. The average Bonchev–Trinajstić information content (AvgIpc) is 2.21. The second kappa shape index (κ2) is 6.70. The zero-order valence-corrected chi connectivity index (χ0v) is 10.4. The number of rotatable bonds is 5. The van der Waals surface area contributed by atoms with E-state index in [1.165, 1.54) is 0 Å². The molecule has 0 aromatic heterocycles. The van der Waals surface area contributed by atoms with Crippen molar-refractivity contribution in [3.8, 4) is 0 Å². The maximum Gasteiger partial charge on any atom is 0.493 e. The van der Waals surface area contributed by atoms with Crippen LogP contribution in [-0.4, -0.2) is 42.6 Å². The summed E-state index contributed by atoms with van der Waals surface area (Å²) in [6.45, 7) is -3.03. The fourth-order valence-electron chi connectivity index (χ4n) is 0.958. The van der Waals surface area contributed by atoms with E-state index in [4.69, 9.17) is 0 Å². The van der Waals surface area contributed by atoms with Crippen LogP contribution in [0.3, 0.4) is 0 Å². The van der Waals surface area contributed by atoms with Gasteiger partial charge in [0, 0.05) is 0 Å². The molecular weight excluding hydrogens is 392 g/mol. The van der Waals surface area contributed by atoms with Crippen LogP contribution < -0.4 is 0 Å². The molecule has 0 atom stereocenters. The first-order valence-corrected chi connectivity index (χ1v) is 5.01. The van der Waals surface area contributed by atoms with Gasteiger partial charge in [-0.25, -0.2) is 8.78 Å². The Bertz CT molecular complexity index is 443. The van der Waals surface area contributed by atoms with E-state index >= 15 is 0 Å². The molecule has 24 heavy (non-hydrogen) atoms. The molecule has 0 aromatic rings. The van der Waals surface area contributed by atoms with Crippen molar-refractivity contribution in [2.24, 2.45) is 0 Å². The Hall–Kier alpha value is -1.64. The summed E-state index contributed by atoms with van der Waals surface area (Å²) in [5, 5.41) is 0. The van der Waals surface area contributed by atoms with E-state index in [1.54, 1.807) is 0 Å². The van der Waals surface area contributed by atoms with Crippen LogP contribution in [0, 0.1) is 0 Å². The summed E-state index contributed by atoms with van der Waals surface area (Å²) in [6, 6.07) is 0. The van der Waals surface area contributed by atoms with Crippen molar-refractivity contribution in [3.05, 3.63) is 11.7 Å². The van der Waals surface area contributed by atoms with E-state index in [1.807, 2.05) is 0 Å². The number of hydrogen-bond acceptors (Lipinski definition) is 2. The lowest BCUT2D eigenvalue weighted by Gasteiger charge is -2.28. The summed E-state index contributed by atoms with van der Waals surface area (Å²) in [5.74, 6) is -13.4. The third-order valence-electron chi connectivity index (χ3n) is 1.88. The fourth-order valence-corrected chi connectivity index (χ4v) is 0.958. The molecule has 0 N–H and O–H groups in total. The predicted molar refractivity (Wildman–Crippen MR) is 45.0 cm³/mol. The smallest absolute Gasteiger partial charge is 0.479 e. The molecule has 0 spiro atoms. The minimum absolute atomic E-state index is 2.77. The van der Waals surface area contributed by atoms with Gasteiger partial charge in [-0.15, -0.1) is 26.3 Å². The third kappa shape index (κ3) is 5.77. The van der Waals surface area contributed by atoms with Crippen LogP contribution in [-0.2, 0) is 4.74 Å². The summed E-state index contributed by atoms with van der Waals surface area (Å²) in [5.41, 5.74) is 0. The summed E-state index contributed by atoms with van der Waals surface area (Å²) >= 11 is 0. The van der Waals surface area contributed by atoms with E-state index in [-0.39, 0.29) is 0 Å². The van der Waals surface area contributed by atoms with Crippen LogP contribution in [0.15, 0.2) is 11.7 Å².